The third kappa shape index (κ3) is 3.42. The third-order valence-corrected chi connectivity index (χ3v) is 2.79. The molecule has 76 valence electrons. The van der Waals surface area contributed by atoms with Crippen LogP contribution in [-0.4, -0.2) is 5.75 Å². The molecule has 0 amide bonds. The summed E-state index contributed by atoms with van der Waals surface area (Å²) < 4.78 is 13.3. The van der Waals surface area contributed by atoms with E-state index in [2.05, 4.69) is 6.58 Å². The van der Waals surface area contributed by atoms with Gasteiger partial charge in [-0.25, -0.2) is 4.39 Å². The molecule has 0 saturated carbocycles. The molecule has 1 aromatic rings. The fourth-order valence-corrected chi connectivity index (χ4v) is 2.00. The lowest BCUT2D eigenvalue weighted by molar-refractivity contribution is 0.603. The molecule has 0 aromatic heterocycles. The van der Waals surface area contributed by atoms with Gasteiger partial charge in [0.1, 0.15) is 5.82 Å². The third-order valence-electron chi connectivity index (χ3n) is 1.74. The quantitative estimate of drug-likeness (QED) is 0.469. The Labute approximate surface area is 88.2 Å². The number of allylic oxidation sites excluding steroid dienone is 1. The summed E-state index contributed by atoms with van der Waals surface area (Å²) in [6.45, 7) is 5.77. The number of hydrogen-bond acceptors (Lipinski definition) is 2. The molecule has 0 aliphatic rings. The number of nitrogen functional groups attached to an aromatic ring is 1. The molecule has 0 heterocycles. The van der Waals surface area contributed by atoms with Gasteiger partial charge in [0.25, 0.3) is 0 Å². The second-order valence-corrected chi connectivity index (χ2v) is 4.38. The number of halogens is 1. The number of hydrogen-bond donors (Lipinski definition) is 1. The number of benzene rings is 1. The van der Waals surface area contributed by atoms with Crippen molar-refractivity contribution in [3.05, 3.63) is 36.2 Å². The predicted octanol–water partition coefficient (Wildman–Crippen LogP) is 3.47. The van der Waals surface area contributed by atoms with E-state index in [-0.39, 0.29) is 5.82 Å². The molecule has 0 radical (unpaired) electrons. The summed E-state index contributed by atoms with van der Waals surface area (Å²) in [7, 11) is 0. The summed E-state index contributed by atoms with van der Waals surface area (Å²) in [5.41, 5.74) is 7.02. The zero-order valence-corrected chi connectivity index (χ0v) is 9.03. The molecule has 0 fully saturated rings. The van der Waals surface area contributed by atoms with E-state index in [1.807, 2.05) is 6.92 Å². The van der Waals surface area contributed by atoms with Gasteiger partial charge in [-0.2, -0.15) is 0 Å². The van der Waals surface area contributed by atoms with Crippen LogP contribution in [-0.2, 0) is 0 Å². The maximum absolute atomic E-state index is 13.3. The van der Waals surface area contributed by atoms with Crippen LogP contribution >= 0.6 is 11.8 Å². The van der Waals surface area contributed by atoms with Crippen LogP contribution in [0, 0.1) is 5.82 Å². The van der Waals surface area contributed by atoms with Gasteiger partial charge >= 0.3 is 0 Å². The van der Waals surface area contributed by atoms with E-state index < -0.39 is 0 Å². The second-order valence-electron chi connectivity index (χ2n) is 3.25. The van der Waals surface area contributed by atoms with Gasteiger partial charge in [-0.15, -0.1) is 18.3 Å². The van der Waals surface area contributed by atoms with Gasteiger partial charge in [0.2, 0.25) is 0 Å². The van der Waals surface area contributed by atoms with Gasteiger partial charge in [0.15, 0.2) is 0 Å². The Morgan fingerprint density at radius 2 is 2.29 bits per heavy atom. The summed E-state index contributed by atoms with van der Waals surface area (Å²) in [6, 6.07) is 4.78. The van der Waals surface area contributed by atoms with Crippen molar-refractivity contribution in [1.29, 1.82) is 0 Å². The van der Waals surface area contributed by atoms with Crippen molar-refractivity contribution in [2.45, 2.75) is 18.2 Å². The number of nitrogens with two attached hydrogens (primary N) is 1. The Morgan fingerprint density at radius 3 is 2.86 bits per heavy atom. The normalized spacial score (nSPS) is 10.1. The highest BCUT2D eigenvalue weighted by atomic mass is 32.2. The molecule has 0 atom stereocenters. The van der Waals surface area contributed by atoms with E-state index in [0.29, 0.717) is 10.6 Å². The average molecular weight is 211 g/mol. The molecule has 1 nitrogen and oxygen atoms in total. The number of rotatable bonds is 4. The summed E-state index contributed by atoms with van der Waals surface area (Å²) in [4.78, 5) is 0.653. The lowest BCUT2D eigenvalue weighted by Gasteiger charge is -2.03. The average Bonchev–Trinajstić information content (AvgIpc) is 2.08. The van der Waals surface area contributed by atoms with Crippen molar-refractivity contribution in [2.75, 3.05) is 11.5 Å². The Morgan fingerprint density at radius 1 is 1.57 bits per heavy atom. The first-order valence-corrected chi connectivity index (χ1v) is 5.40. The van der Waals surface area contributed by atoms with Crippen LogP contribution in [0.4, 0.5) is 10.1 Å². The van der Waals surface area contributed by atoms with Crippen molar-refractivity contribution in [1.82, 2.24) is 0 Å². The van der Waals surface area contributed by atoms with Gasteiger partial charge in [-0.05, 0) is 31.5 Å². The highest BCUT2D eigenvalue weighted by Crippen LogP contribution is 2.24. The topological polar surface area (TPSA) is 26.0 Å². The van der Waals surface area contributed by atoms with E-state index in [9.17, 15) is 4.39 Å². The SMILES string of the molecule is C=C(C)CCSc1ccc(N)cc1F. The lowest BCUT2D eigenvalue weighted by atomic mass is 10.3. The van der Waals surface area contributed by atoms with Crippen LogP contribution in [0.3, 0.4) is 0 Å². The number of anilines is 1. The highest BCUT2D eigenvalue weighted by Gasteiger charge is 2.02. The molecule has 1 rings (SSSR count). The molecule has 1 aromatic carbocycles. The van der Waals surface area contributed by atoms with Crippen molar-refractivity contribution in [3.63, 3.8) is 0 Å². The largest absolute Gasteiger partial charge is 0.399 e. The molecular formula is C11H14FNS. The Hall–Kier alpha value is -0.960. The van der Waals surface area contributed by atoms with Gasteiger partial charge in [0.05, 0.1) is 0 Å². The van der Waals surface area contributed by atoms with Crippen LogP contribution in [0.1, 0.15) is 13.3 Å². The van der Waals surface area contributed by atoms with E-state index in [1.165, 1.54) is 17.8 Å². The van der Waals surface area contributed by atoms with Crippen LogP contribution in [0.25, 0.3) is 0 Å². The zero-order valence-electron chi connectivity index (χ0n) is 8.22. The molecular weight excluding hydrogens is 197 g/mol. The summed E-state index contributed by atoms with van der Waals surface area (Å²) in [5, 5.41) is 0. The highest BCUT2D eigenvalue weighted by molar-refractivity contribution is 7.99. The van der Waals surface area contributed by atoms with Crippen molar-refractivity contribution in [2.24, 2.45) is 0 Å². The molecule has 3 heteroatoms. The van der Waals surface area contributed by atoms with Gasteiger partial charge in [-0.1, -0.05) is 5.57 Å². The molecule has 0 bridgehead atoms. The first-order chi connectivity index (χ1) is 6.59. The minimum absolute atomic E-state index is 0.239. The maximum atomic E-state index is 13.3. The van der Waals surface area contributed by atoms with E-state index in [4.69, 9.17) is 5.73 Å². The second kappa shape index (κ2) is 5.05. The van der Waals surface area contributed by atoms with E-state index >= 15 is 0 Å². The molecule has 0 saturated heterocycles. The molecule has 0 aliphatic carbocycles. The zero-order chi connectivity index (χ0) is 10.6. The maximum Gasteiger partial charge on any atom is 0.138 e. The first-order valence-electron chi connectivity index (χ1n) is 4.42. The van der Waals surface area contributed by atoms with Gasteiger partial charge in [-0.3, -0.25) is 0 Å². The van der Waals surface area contributed by atoms with Crippen molar-refractivity contribution < 1.29 is 4.39 Å². The molecule has 0 spiro atoms. The first kappa shape index (κ1) is 11.1. The Bertz CT molecular complexity index is 336. The van der Waals surface area contributed by atoms with E-state index in [1.54, 1.807) is 12.1 Å². The van der Waals surface area contributed by atoms with Gasteiger partial charge in [0, 0.05) is 16.3 Å². The summed E-state index contributed by atoms with van der Waals surface area (Å²) in [5.74, 6) is 0.618. The van der Waals surface area contributed by atoms with Crippen molar-refractivity contribution in [3.8, 4) is 0 Å². The van der Waals surface area contributed by atoms with Crippen LogP contribution in [0.15, 0.2) is 35.2 Å². The number of thioether (sulfide) groups is 1. The van der Waals surface area contributed by atoms with Gasteiger partial charge < -0.3 is 5.73 Å². The molecule has 0 unspecified atom stereocenters. The minimum Gasteiger partial charge on any atom is -0.399 e. The monoisotopic (exact) mass is 211 g/mol. The fourth-order valence-electron chi connectivity index (χ4n) is 0.969. The van der Waals surface area contributed by atoms with Crippen LogP contribution in [0.5, 0.6) is 0 Å². The molecule has 14 heavy (non-hydrogen) atoms. The summed E-state index contributed by atoms with van der Waals surface area (Å²) in [6.07, 6.45) is 0.911. The lowest BCUT2D eigenvalue weighted by Crippen LogP contribution is -1.89. The molecule has 0 aliphatic heterocycles. The standard InChI is InChI=1S/C11H14FNS/c1-8(2)5-6-14-11-4-3-9(13)7-10(11)12/h3-4,7H,1,5-6,13H2,2H3. The van der Waals surface area contributed by atoms with Crippen molar-refractivity contribution >= 4 is 17.4 Å². The van der Waals surface area contributed by atoms with Crippen LogP contribution < -0.4 is 5.73 Å². The Kier molecular flexibility index (Phi) is 4.01. The predicted molar refractivity (Wildman–Crippen MR) is 61.0 cm³/mol. The Balaban J connectivity index is 2.55. The molecule has 2 N–H and O–H groups in total. The van der Waals surface area contributed by atoms with Crippen LogP contribution in [0.2, 0.25) is 0 Å². The summed E-state index contributed by atoms with van der Waals surface area (Å²) >= 11 is 1.49. The fraction of sp³-hybridized carbons (Fsp3) is 0.273. The van der Waals surface area contributed by atoms with E-state index in [0.717, 1.165) is 17.7 Å². The smallest absolute Gasteiger partial charge is 0.138 e. The minimum atomic E-state index is -0.239.